The van der Waals surface area contributed by atoms with Gasteiger partial charge in [-0.05, 0) is 24.8 Å². The quantitative estimate of drug-likeness (QED) is 0.437. The molecule has 62 valence electrons. The summed E-state index contributed by atoms with van der Waals surface area (Å²) in [5.74, 6) is 0.594. The molecule has 1 nitrogen and oxygen atoms in total. The Kier molecular flexibility index (Phi) is 4.51. The normalized spacial score (nSPS) is 12.2. The Hall–Kier alpha value is -0.850. The van der Waals surface area contributed by atoms with Crippen LogP contribution in [0.2, 0.25) is 0 Å². The van der Waals surface area contributed by atoms with Gasteiger partial charge in [-0.1, -0.05) is 19.6 Å². The van der Waals surface area contributed by atoms with Crippen LogP contribution in [0.5, 0.6) is 0 Å². The summed E-state index contributed by atoms with van der Waals surface area (Å²) in [5, 5.41) is 0. The van der Waals surface area contributed by atoms with Crippen molar-refractivity contribution in [1.29, 1.82) is 0 Å². The Morgan fingerprint density at radius 2 is 2.18 bits per heavy atom. The van der Waals surface area contributed by atoms with Crippen LogP contribution < -0.4 is 0 Å². The fraction of sp³-hybridized carbons (Fsp3) is 0.500. The highest BCUT2D eigenvalue weighted by Gasteiger charge is 2.03. The second-order valence-corrected chi connectivity index (χ2v) is 2.96. The van der Waals surface area contributed by atoms with Gasteiger partial charge in [-0.25, -0.2) is 0 Å². The molecule has 0 unspecified atom stereocenters. The van der Waals surface area contributed by atoms with E-state index in [1.54, 1.807) is 6.92 Å². The molecule has 0 spiro atoms. The minimum atomic E-state index is 0.165. The molecule has 11 heavy (non-hydrogen) atoms. The molecule has 0 amide bonds. The highest BCUT2D eigenvalue weighted by molar-refractivity contribution is 5.94. The van der Waals surface area contributed by atoms with Crippen molar-refractivity contribution < 1.29 is 4.79 Å². The average Bonchev–Trinajstić information content (AvgIpc) is 1.99. The van der Waals surface area contributed by atoms with Crippen LogP contribution in [0.1, 0.15) is 26.7 Å². The van der Waals surface area contributed by atoms with Crippen LogP contribution in [-0.2, 0) is 4.79 Å². The molecule has 0 radical (unpaired) electrons. The van der Waals surface area contributed by atoms with Crippen LogP contribution in [0.4, 0.5) is 0 Å². The van der Waals surface area contributed by atoms with E-state index < -0.39 is 0 Å². The van der Waals surface area contributed by atoms with Crippen LogP contribution in [0, 0.1) is 5.92 Å². The van der Waals surface area contributed by atoms with E-state index in [1.165, 1.54) is 0 Å². The molecule has 0 bridgehead atoms. The molecular weight excluding hydrogens is 136 g/mol. The number of ketones is 1. The lowest BCUT2D eigenvalue weighted by Gasteiger charge is -2.03. The third kappa shape index (κ3) is 4.54. The number of hydrogen-bond donors (Lipinski definition) is 0. The molecule has 0 aromatic rings. The zero-order valence-electron chi connectivity index (χ0n) is 7.39. The third-order valence-corrected chi connectivity index (χ3v) is 1.71. The fourth-order valence-corrected chi connectivity index (χ4v) is 0.690. The average molecular weight is 152 g/mol. The second kappa shape index (κ2) is 4.89. The number of Topliss-reactive ketones (excluding diaryl/α,β-unsaturated/α-hetero) is 1. The summed E-state index contributed by atoms with van der Waals surface area (Å²) in [4.78, 5) is 11.0. The van der Waals surface area contributed by atoms with Gasteiger partial charge in [0.05, 0.1) is 0 Å². The second-order valence-electron chi connectivity index (χ2n) is 2.96. The van der Waals surface area contributed by atoms with Gasteiger partial charge in [0, 0.05) is 6.42 Å². The number of rotatable bonds is 5. The summed E-state index contributed by atoms with van der Waals surface area (Å²) in [6, 6.07) is 0. The van der Waals surface area contributed by atoms with Gasteiger partial charge in [0.1, 0.15) is 0 Å². The van der Waals surface area contributed by atoms with Crippen molar-refractivity contribution >= 4 is 5.78 Å². The maximum atomic E-state index is 11.0. The molecule has 0 aliphatic carbocycles. The Morgan fingerprint density at radius 1 is 1.64 bits per heavy atom. The van der Waals surface area contributed by atoms with Gasteiger partial charge in [-0.3, -0.25) is 4.79 Å². The molecule has 0 heterocycles. The SMILES string of the molecule is C=C[C@@H](C)CCC(=O)C(=C)C. The molecule has 0 N–H and O–H groups in total. The first-order chi connectivity index (χ1) is 5.07. The monoisotopic (exact) mass is 152 g/mol. The zero-order valence-corrected chi connectivity index (χ0v) is 7.39. The van der Waals surface area contributed by atoms with Crippen LogP contribution in [-0.4, -0.2) is 5.78 Å². The summed E-state index contributed by atoms with van der Waals surface area (Å²) in [6.45, 7) is 11.0. The van der Waals surface area contributed by atoms with Gasteiger partial charge in [0.15, 0.2) is 5.78 Å². The fourth-order valence-electron chi connectivity index (χ4n) is 0.690. The lowest BCUT2D eigenvalue weighted by atomic mass is 10.0. The molecule has 0 fully saturated rings. The van der Waals surface area contributed by atoms with Crippen LogP contribution in [0.25, 0.3) is 0 Å². The summed E-state index contributed by atoms with van der Waals surface area (Å²) >= 11 is 0. The van der Waals surface area contributed by atoms with E-state index in [1.807, 2.05) is 6.08 Å². The minimum Gasteiger partial charge on any atom is -0.295 e. The van der Waals surface area contributed by atoms with Crippen molar-refractivity contribution in [2.24, 2.45) is 5.92 Å². The van der Waals surface area contributed by atoms with Crippen molar-refractivity contribution in [2.45, 2.75) is 26.7 Å². The first-order valence-corrected chi connectivity index (χ1v) is 3.89. The maximum absolute atomic E-state index is 11.0. The molecular formula is C10H16O. The number of carbonyl (C=O) groups excluding carboxylic acids is 1. The molecule has 0 saturated carbocycles. The van der Waals surface area contributed by atoms with E-state index in [-0.39, 0.29) is 5.78 Å². The summed E-state index contributed by atoms with van der Waals surface area (Å²) in [6.07, 6.45) is 3.35. The molecule has 0 aromatic carbocycles. The van der Waals surface area contributed by atoms with Crippen molar-refractivity contribution in [3.8, 4) is 0 Å². The molecule has 0 aliphatic rings. The summed E-state index contributed by atoms with van der Waals surface area (Å²) in [7, 11) is 0. The van der Waals surface area contributed by atoms with Gasteiger partial charge in [-0.2, -0.15) is 0 Å². The van der Waals surface area contributed by atoms with E-state index in [9.17, 15) is 4.79 Å². The smallest absolute Gasteiger partial charge is 0.158 e. The third-order valence-electron chi connectivity index (χ3n) is 1.71. The molecule has 0 aromatic heterocycles. The molecule has 1 heteroatoms. The summed E-state index contributed by atoms with van der Waals surface area (Å²) in [5.41, 5.74) is 0.654. The van der Waals surface area contributed by atoms with E-state index >= 15 is 0 Å². The van der Waals surface area contributed by atoms with Crippen molar-refractivity contribution in [3.63, 3.8) is 0 Å². The molecule has 0 aliphatic heterocycles. The Balaban J connectivity index is 3.62. The van der Waals surface area contributed by atoms with Gasteiger partial charge < -0.3 is 0 Å². The standard InChI is InChI=1S/C10H16O/c1-5-9(4)6-7-10(11)8(2)3/h5,9H,1-2,6-7H2,3-4H3/t9-/m1/s1. The van der Waals surface area contributed by atoms with E-state index in [0.717, 1.165) is 6.42 Å². The highest BCUT2D eigenvalue weighted by Crippen LogP contribution is 2.08. The topological polar surface area (TPSA) is 17.1 Å². The van der Waals surface area contributed by atoms with E-state index in [0.29, 0.717) is 17.9 Å². The Bertz CT molecular complexity index is 168. The highest BCUT2D eigenvalue weighted by atomic mass is 16.1. The van der Waals surface area contributed by atoms with Crippen molar-refractivity contribution in [1.82, 2.24) is 0 Å². The van der Waals surface area contributed by atoms with E-state index in [4.69, 9.17) is 0 Å². The van der Waals surface area contributed by atoms with E-state index in [2.05, 4.69) is 20.1 Å². The Labute approximate surface area is 68.8 Å². The zero-order chi connectivity index (χ0) is 8.85. The number of allylic oxidation sites excluding steroid dienone is 2. The lowest BCUT2D eigenvalue weighted by molar-refractivity contribution is -0.115. The van der Waals surface area contributed by atoms with Gasteiger partial charge in [0.25, 0.3) is 0 Å². The predicted octanol–water partition coefficient (Wildman–Crippen LogP) is 2.73. The van der Waals surface area contributed by atoms with Crippen LogP contribution in [0.3, 0.4) is 0 Å². The summed E-state index contributed by atoms with van der Waals surface area (Å²) < 4.78 is 0. The maximum Gasteiger partial charge on any atom is 0.158 e. The first kappa shape index (κ1) is 10.2. The van der Waals surface area contributed by atoms with Crippen molar-refractivity contribution in [2.75, 3.05) is 0 Å². The number of hydrogen-bond acceptors (Lipinski definition) is 1. The first-order valence-electron chi connectivity index (χ1n) is 3.89. The number of carbonyl (C=O) groups is 1. The largest absolute Gasteiger partial charge is 0.295 e. The van der Waals surface area contributed by atoms with Crippen molar-refractivity contribution in [3.05, 3.63) is 24.8 Å². The minimum absolute atomic E-state index is 0.165. The predicted molar refractivity (Wildman–Crippen MR) is 48.4 cm³/mol. The van der Waals surface area contributed by atoms with Gasteiger partial charge >= 0.3 is 0 Å². The lowest BCUT2D eigenvalue weighted by Crippen LogP contribution is -2.00. The molecule has 0 rings (SSSR count). The van der Waals surface area contributed by atoms with Crippen LogP contribution in [0.15, 0.2) is 24.8 Å². The Morgan fingerprint density at radius 3 is 2.55 bits per heavy atom. The molecule has 1 atom stereocenters. The van der Waals surface area contributed by atoms with Gasteiger partial charge in [-0.15, -0.1) is 6.58 Å². The van der Waals surface area contributed by atoms with Gasteiger partial charge in [0.2, 0.25) is 0 Å². The molecule has 0 saturated heterocycles. The van der Waals surface area contributed by atoms with Crippen LogP contribution >= 0.6 is 0 Å².